The van der Waals surface area contributed by atoms with Crippen molar-refractivity contribution < 1.29 is 14.3 Å². The molecule has 0 aliphatic carbocycles. The summed E-state index contributed by atoms with van der Waals surface area (Å²) >= 11 is 1.35. The molecule has 0 radical (unpaired) electrons. The molecule has 4 rings (SSSR count). The van der Waals surface area contributed by atoms with Gasteiger partial charge in [0.05, 0.1) is 21.6 Å². The van der Waals surface area contributed by atoms with Crippen molar-refractivity contribution in [2.75, 3.05) is 25.0 Å². The van der Waals surface area contributed by atoms with Crippen LogP contribution in [0.1, 0.15) is 29.1 Å². The number of carbonyl (C=O) groups is 1. The van der Waals surface area contributed by atoms with Gasteiger partial charge in [0, 0.05) is 24.5 Å². The van der Waals surface area contributed by atoms with Crippen LogP contribution >= 0.6 is 11.8 Å². The quantitative estimate of drug-likeness (QED) is 0.871. The van der Waals surface area contributed by atoms with Crippen LogP contribution < -0.4 is 15.6 Å². The normalized spacial score (nSPS) is 22.1. The third kappa shape index (κ3) is 2.35. The number of rotatable bonds is 3. The van der Waals surface area contributed by atoms with Gasteiger partial charge in [-0.25, -0.2) is 9.18 Å². The van der Waals surface area contributed by atoms with Crippen LogP contribution in [0.2, 0.25) is 0 Å². The third-order valence-electron chi connectivity index (χ3n) is 5.03. The molecule has 1 fully saturated rings. The molecule has 0 bridgehead atoms. The average Bonchev–Trinajstić information content (AvgIpc) is 3.03. The molecule has 1 aromatic carbocycles. The van der Waals surface area contributed by atoms with Crippen molar-refractivity contribution in [3.8, 4) is 0 Å². The number of halogens is 1. The van der Waals surface area contributed by atoms with E-state index in [4.69, 9.17) is 0 Å². The maximum atomic E-state index is 14.7. The molecular formula is C17H18FN3O3S. The summed E-state index contributed by atoms with van der Waals surface area (Å²) in [5.41, 5.74) is 0.180. The molecule has 3 heterocycles. The lowest BCUT2D eigenvalue weighted by atomic mass is 10.1. The maximum absolute atomic E-state index is 14.7. The van der Waals surface area contributed by atoms with Crippen LogP contribution in [0.3, 0.4) is 0 Å². The van der Waals surface area contributed by atoms with Gasteiger partial charge in [-0.15, -0.1) is 0 Å². The number of hydrogen-bond donors (Lipinski definition) is 2. The number of carboxylic acid groups (broad SMARTS) is 1. The zero-order valence-electron chi connectivity index (χ0n) is 13.9. The van der Waals surface area contributed by atoms with Crippen LogP contribution in [0.15, 0.2) is 22.0 Å². The minimum atomic E-state index is -1.27. The van der Waals surface area contributed by atoms with Crippen molar-refractivity contribution in [3.05, 3.63) is 33.7 Å². The first kappa shape index (κ1) is 16.4. The highest BCUT2D eigenvalue weighted by Gasteiger charge is 2.33. The molecule has 1 aromatic heterocycles. The minimum Gasteiger partial charge on any atom is -0.477 e. The number of carboxylic acids is 1. The summed E-state index contributed by atoms with van der Waals surface area (Å²) in [6.07, 6.45) is 0.927. The Labute approximate surface area is 147 Å². The van der Waals surface area contributed by atoms with Gasteiger partial charge in [-0.1, -0.05) is 11.8 Å². The van der Waals surface area contributed by atoms with E-state index in [0.29, 0.717) is 28.8 Å². The number of aromatic nitrogens is 1. The monoisotopic (exact) mass is 363 g/mol. The van der Waals surface area contributed by atoms with Crippen LogP contribution in [0.4, 0.5) is 10.1 Å². The lowest BCUT2D eigenvalue weighted by Crippen LogP contribution is -2.31. The first-order valence-corrected chi connectivity index (χ1v) is 9.04. The fraction of sp³-hybridized carbons (Fsp3) is 0.412. The largest absolute Gasteiger partial charge is 0.477 e. The summed E-state index contributed by atoms with van der Waals surface area (Å²) in [5, 5.41) is 13.2. The van der Waals surface area contributed by atoms with Crippen molar-refractivity contribution in [2.45, 2.75) is 29.8 Å². The van der Waals surface area contributed by atoms with Crippen LogP contribution in [0, 0.1) is 5.82 Å². The summed E-state index contributed by atoms with van der Waals surface area (Å²) in [6.45, 7) is 3.37. The molecule has 25 heavy (non-hydrogen) atoms. The predicted molar refractivity (Wildman–Crippen MR) is 95.4 cm³/mol. The molecule has 2 N–H and O–H groups in total. The Bertz CT molecular complexity index is 959. The van der Waals surface area contributed by atoms with Gasteiger partial charge in [-0.05, 0) is 32.5 Å². The van der Waals surface area contributed by atoms with Gasteiger partial charge in [0.15, 0.2) is 0 Å². The zero-order chi connectivity index (χ0) is 17.9. The molecule has 0 saturated carbocycles. The Hall–Kier alpha value is -2.06. The van der Waals surface area contributed by atoms with E-state index in [1.807, 2.05) is 23.4 Å². The van der Waals surface area contributed by atoms with Crippen molar-refractivity contribution in [1.82, 2.24) is 9.88 Å². The topological polar surface area (TPSA) is 74.6 Å². The van der Waals surface area contributed by atoms with E-state index in [0.717, 1.165) is 13.0 Å². The Morgan fingerprint density at radius 2 is 2.20 bits per heavy atom. The number of thioether (sulfide) groups is 1. The van der Waals surface area contributed by atoms with E-state index in [1.54, 1.807) is 6.07 Å². The number of anilines is 1. The lowest BCUT2D eigenvalue weighted by molar-refractivity contribution is 0.0689. The first-order valence-electron chi connectivity index (χ1n) is 8.16. The van der Waals surface area contributed by atoms with Gasteiger partial charge in [0.25, 0.3) is 0 Å². The molecule has 0 spiro atoms. The smallest absolute Gasteiger partial charge is 0.342 e. The Kier molecular flexibility index (Phi) is 3.77. The highest BCUT2D eigenvalue weighted by atomic mass is 32.2. The molecule has 8 heteroatoms. The number of likely N-dealkylation sites (N-methyl/N-ethyl adjacent to an activating group) is 1. The van der Waals surface area contributed by atoms with Gasteiger partial charge >= 0.3 is 5.97 Å². The predicted octanol–water partition coefficient (Wildman–Crippen LogP) is 2.26. The first-order chi connectivity index (χ1) is 11.9. The van der Waals surface area contributed by atoms with Gasteiger partial charge < -0.3 is 19.9 Å². The number of benzene rings is 1. The van der Waals surface area contributed by atoms with Crippen molar-refractivity contribution in [3.63, 3.8) is 0 Å². The summed E-state index contributed by atoms with van der Waals surface area (Å²) in [6, 6.07) is 3.19. The van der Waals surface area contributed by atoms with Crippen LogP contribution in [0.25, 0.3) is 10.9 Å². The summed E-state index contributed by atoms with van der Waals surface area (Å²) in [7, 11) is 1.89. The Morgan fingerprint density at radius 1 is 1.44 bits per heavy atom. The highest BCUT2D eigenvalue weighted by molar-refractivity contribution is 8.00. The second kappa shape index (κ2) is 5.74. The van der Waals surface area contributed by atoms with E-state index < -0.39 is 17.2 Å². The minimum absolute atomic E-state index is 0.0122. The van der Waals surface area contributed by atoms with Gasteiger partial charge in [0.1, 0.15) is 11.4 Å². The molecule has 2 atom stereocenters. The van der Waals surface area contributed by atoms with Crippen molar-refractivity contribution in [1.29, 1.82) is 0 Å². The van der Waals surface area contributed by atoms with Crippen LogP contribution in [0.5, 0.6) is 0 Å². The highest BCUT2D eigenvalue weighted by Crippen LogP contribution is 2.46. The molecule has 2 aliphatic heterocycles. The number of fused-ring (bicyclic) bond motifs is 3. The van der Waals surface area contributed by atoms with E-state index >= 15 is 0 Å². The van der Waals surface area contributed by atoms with Gasteiger partial charge in [-0.3, -0.25) is 4.79 Å². The number of aromatic carboxylic acids is 1. The molecule has 2 aromatic rings. The Morgan fingerprint density at radius 3 is 2.80 bits per heavy atom. The Balaban J connectivity index is 1.93. The fourth-order valence-electron chi connectivity index (χ4n) is 3.68. The van der Waals surface area contributed by atoms with E-state index in [2.05, 4.69) is 5.32 Å². The third-order valence-corrected chi connectivity index (χ3v) is 6.20. The molecule has 0 amide bonds. The SMILES string of the molecule is CNC1CCN(c2cc3c(cc2F)c(=O)c(C(=O)O)c2n3C(C)S2)C1. The van der Waals surface area contributed by atoms with E-state index in [1.165, 1.54) is 17.8 Å². The second-order valence-corrected chi connectivity index (χ2v) is 7.75. The summed E-state index contributed by atoms with van der Waals surface area (Å²) < 4.78 is 16.5. The van der Waals surface area contributed by atoms with Gasteiger partial charge in [0.2, 0.25) is 5.43 Å². The van der Waals surface area contributed by atoms with Crippen molar-refractivity contribution >= 4 is 34.3 Å². The molecule has 2 aliphatic rings. The second-order valence-electron chi connectivity index (χ2n) is 6.44. The van der Waals surface area contributed by atoms with Crippen molar-refractivity contribution in [2.24, 2.45) is 0 Å². The molecule has 132 valence electrons. The maximum Gasteiger partial charge on any atom is 0.342 e. The number of pyridine rings is 1. The zero-order valence-corrected chi connectivity index (χ0v) is 14.7. The molecular weight excluding hydrogens is 345 g/mol. The standard InChI is InChI=1S/C17H18FN3O3S/c1-8-21-12-6-13(20-4-3-9(7-20)19-2)11(18)5-10(12)15(22)14(17(23)24)16(21)25-8/h5-6,8-9,19H,3-4,7H2,1-2H3,(H,23,24). The number of nitrogens with one attached hydrogen (secondary N) is 1. The summed E-state index contributed by atoms with van der Waals surface area (Å²) in [4.78, 5) is 26.0. The fourth-order valence-corrected chi connectivity index (χ4v) is 4.84. The van der Waals surface area contributed by atoms with Crippen LogP contribution in [-0.4, -0.2) is 41.8 Å². The summed E-state index contributed by atoms with van der Waals surface area (Å²) in [5.74, 6) is -1.76. The number of hydrogen-bond acceptors (Lipinski definition) is 5. The average molecular weight is 363 g/mol. The number of nitrogens with zero attached hydrogens (tertiary/aromatic N) is 2. The van der Waals surface area contributed by atoms with E-state index in [-0.39, 0.29) is 16.3 Å². The van der Waals surface area contributed by atoms with Gasteiger partial charge in [-0.2, -0.15) is 0 Å². The van der Waals surface area contributed by atoms with E-state index in [9.17, 15) is 19.1 Å². The molecule has 1 saturated heterocycles. The van der Waals surface area contributed by atoms with Crippen LogP contribution in [-0.2, 0) is 0 Å². The molecule has 6 nitrogen and oxygen atoms in total. The molecule has 2 unspecified atom stereocenters. The lowest BCUT2D eigenvalue weighted by Gasteiger charge is -2.33.